The van der Waals surface area contributed by atoms with Crippen LogP contribution in [-0.4, -0.2) is 40.1 Å². The number of hydrogen-bond acceptors (Lipinski definition) is 3. The molecular formula is C13H19N3O. The number of amides is 1. The SMILES string of the molecule is CNCCN(C)c1ccc2c(c1)CC(=O)N2C. The highest BCUT2D eigenvalue weighted by Gasteiger charge is 2.24. The van der Waals surface area contributed by atoms with Crippen molar-refractivity contribution < 1.29 is 4.79 Å². The van der Waals surface area contributed by atoms with E-state index >= 15 is 0 Å². The fourth-order valence-electron chi connectivity index (χ4n) is 2.10. The van der Waals surface area contributed by atoms with Crippen molar-refractivity contribution >= 4 is 17.3 Å². The first-order valence-corrected chi connectivity index (χ1v) is 5.88. The fourth-order valence-corrected chi connectivity index (χ4v) is 2.10. The van der Waals surface area contributed by atoms with Gasteiger partial charge in [-0.25, -0.2) is 0 Å². The summed E-state index contributed by atoms with van der Waals surface area (Å²) in [6.07, 6.45) is 0.527. The lowest BCUT2D eigenvalue weighted by molar-refractivity contribution is -0.117. The van der Waals surface area contributed by atoms with Gasteiger partial charge < -0.3 is 15.1 Å². The second-order valence-electron chi connectivity index (χ2n) is 4.47. The average molecular weight is 233 g/mol. The Hall–Kier alpha value is -1.55. The fraction of sp³-hybridized carbons (Fsp3) is 0.462. The summed E-state index contributed by atoms with van der Waals surface area (Å²) in [6.45, 7) is 1.91. The molecule has 1 aromatic rings. The van der Waals surface area contributed by atoms with Crippen LogP contribution in [0.2, 0.25) is 0 Å². The van der Waals surface area contributed by atoms with Crippen LogP contribution in [0.1, 0.15) is 5.56 Å². The quantitative estimate of drug-likeness (QED) is 0.838. The minimum Gasteiger partial charge on any atom is -0.373 e. The van der Waals surface area contributed by atoms with Crippen LogP contribution in [0.25, 0.3) is 0 Å². The van der Waals surface area contributed by atoms with Crippen LogP contribution in [-0.2, 0) is 11.2 Å². The Bertz CT molecular complexity index is 431. The highest BCUT2D eigenvalue weighted by atomic mass is 16.2. The van der Waals surface area contributed by atoms with Gasteiger partial charge in [0.15, 0.2) is 0 Å². The smallest absolute Gasteiger partial charge is 0.231 e. The molecule has 0 aromatic heterocycles. The molecule has 1 amide bonds. The molecule has 1 N–H and O–H groups in total. The van der Waals surface area contributed by atoms with Gasteiger partial charge in [0.2, 0.25) is 5.91 Å². The molecule has 0 unspecified atom stereocenters. The van der Waals surface area contributed by atoms with E-state index in [-0.39, 0.29) is 5.91 Å². The topological polar surface area (TPSA) is 35.6 Å². The van der Waals surface area contributed by atoms with Gasteiger partial charge in [-0.2, -0.15) is 0 Å². The van der Waals surface area contributed by atoms with Crippen LogP contribution >= 0.6 is 0 Å². The Balaban J connectivity index is 2.18. The van der Waals surface area contributed by atoms with Gasteiger partial charge in [-0.3, -0.25) is 4.79 Å². The first-order valence-electron chi connectivity index (χ1n) is 5.88. The molecule has 1 aliphatic rings. The monoisotopic (exact) mass is 233 g/mol. The number of benzene rings is 1. The van der Waals surface area contributed by atoms with E-state index in [0.717, 1.165) is 24.3 Å². The number of rotatable bonds is 4. The molecular weight excluding hydrogens is 214 g/mol. The molecule has 4 heteroatoms. The largest absolute Gasteiger partial charge is 0.373 e. The van der Waals surface area contributed by atoms with Crippen molar-refractivity contribution in [2.24, 2.45) is 0 Å². The van der Waals surface area contributed by atoms with Crippen molar-refractivity contribution in [3.8, 4) is 0 Å². The molecule has 1 heterocycles. The molecule has 0 radical (unpaired) electrons. The van der Waals surface area contributed by atoms with Crippen molar-refractivity contribution in [3.63, 3.8) is 0 Å². The highest BCUT2D eigenvalue weighted by Crippen LogP contribution is 2.30. The Labute approximate surface area is 102 Å². The summed E-state index contributed by atoms with van der Waals surface area (Å²) in [5.41, 5.74) is 3.34. The molecule has 0 aliphatic carbocycles. The lowest BCUT2D eigenvalue weighted by atomic mass is 10.1. The molecule has 2 rings (SSSR count). The number of fused-ring (bicyclic) bond motifs is 1. The summed E-state index contributed by atoms with van der Waals surface area (Å²) in [7, 11) is 5.85. The summed E-state index contributed by atoms with van der Waals surface area (Å²) in [5, 5.41) is 3.13. The van der Waals surface area contributed by atoms with Crippen LogP contribution in [0, 0.1) is 0 Å². The van der Waals surface area contributed by atoms with E-state index < -0.39 is 0 Å². The van der Waals surface area contributed by atoms with Crippen LogP contribution in [0.5, 0.6) is 0 Å². The molecule has 17 heavy (non-hydrogen) atoms. The Morgan fingerprint density at radius 2 is 2.24 bits per heavy atom. The minimum atomic E-state index is 0.176. The van der Waals surface area contributed by atoms with Gasteiger partial charge >= 0.3 is 0 Å². The van der Waals surface area contributed by atoms with Crippen LogP contribution in [0.3, 0.4) is 0 Å². The first kappa shape index (κ1) is 11.9. The third-order valence-electron chi connectivity index (χ3n) is 3.28. The Morgan fingerprint density at radius 3 is 2.94 bits per heavy atom. The van der Waals surface area contributed by atoms with E-state index in [1.807, 2.05) is 20.2 Å². The van der Waals surface area contributed by atoms with Crippen molar-refractivity contribution in [1.82, 2.24) is 5.32 Å². The standard InChI is InChI=1S/C13H19N3O/c1-14-6-7-15(2)11-4-5-12-10(8-11)9-13(17)16(12)3/h4-5,8,14H,6-7,9H2,1-3H3. The van der Waals surface area contributed by atoms with E-state index in [9.17, 15) is 4.79 Å². The third kappa shape index (κ3) is 2.26. The van der Waals surface area contributed by atoms with Gasteiger partial charge in [-0.15, -0.1) is 0 Å². The van der Waals surface area contributed by atoms with E-state index in [0.29, 0.717) is 6.42 Å². The molecule has 0 saturated heterocycles. The first-order chi connectivity index (χ1) is 8.13. The lowest BCUT2D eigenvalue weighted by Gasteiger charge is -2.20. The van der Waals surface area contributed by atoms with Crippen LogP contribution < -0.4 is 15.1 Å². The van der Waals surface area contributed by atoms with Crippen molar-refractivity contribution in [1.29, 1.82) is 0 Å². The normalized spacial score (nSPS) is 14.1. The van der Waals surface area contributed by atoms with Crippen LogP contribution in [0.4, 0.5) is 11.4 Å². The predicted molar refractivity (Wildman–Crippen MR) is 70.8 cm³/mol. The molecule has 0 atom stereocenters. The second-order valence-corrected chi connectivity index (χ2v) is 4.47. The molecule has 1 aromatic carbocycles. The average Bonchev–Trinajstić information content (AvgIpc) is 2.61. The number of carbonyl (C=O) groups excluding carboxylic acids is 1. The zero-order valence-corrected chi connectivity index (χ0v) is 10.7. The Morgan fingerprint density at radius 1 is 1.47 bits per heavy atom. The van der Waals surface area contributed by atoms with Gasteiger partial charge in [0.05, 0.1) is 6.42 Å². The Kier molecular flexibility index (Phi) is 3.33. The van der Waals surface area contributed by atoms with E-state index in [2.05, 4.69) is 29.4 Å². The predicted octanol–water partition coefficient (Wildman–Crippen LogP) is 0.861. The van der Waals surface area contributed by atoms with Gasteiger partial charge in [-0.1, -0.05) is 0 Å². The summed E-state index contributed by atoms with van der Waals surface area (Å²) in [5.74, 6) is 0.176. The summed E-state index contributed by atoms with van der Waals surface area (Å²) >= 11 is 0. The highest BCUT2D eigenvalue weighted by molar-refractivity contribution is 6.01. The second kappa shape index (κ2) is 4.75. The third-order valence-corrected chi connectivity index (χ3v) is 3.28. The van der Waals surface area contributed by atoms with Crippen molar-refractivity contribution in [2.75, 3.05) is 44.0 Å². The number of nitrogens with one attached hydrogen (secondary N) is 1. The lowest BCUT2D eigenvalue weighted by Crippen LogP contribution is -2.27. The van der Waals surface area contributed by atoms with Gasteiger partial charge in [0.25, 0.3) is 0 Å². The molecule has 4 nitrogen and oxygen atoms in total. The molecule has 92 valence electrons. The summed E-state index contributed by atoms with van der Waals surface area (Å²) < 4.78 is 0. The minimum absolute atomic E-state index is 0.176. The molecule has 0 saturated carbocycles. The maximum absolute atomic E-state index is 11.6. The van der Waals surface area contributed by atoms with Gasteiger partial charge in [0.1, 0.15) is 0 Å². The van der Waals surface area contributed by atoms with E-state index in [4.69, 9.17) is 0 Å². The zero-order chi connectivity index (χ0) is 12.4. The maximum atomic E-state index is 11.6. The molecule has 1 aliphatic heterocycles. The maximum Gasteiger partial charge on any atom is 0.231 e. The zero-order valence-electron chi connectivity index (χ0n) is 10.7. The van der Waals surface area contributed by atoms with Crippen molar-refractivity contribution in [2.45, 2.75) is 6.42 Å². The van der Waals surface area contributed by atoms with Gasteiger partial charge in [0, 0.05) is 38.6 Å². The molecule has 0 fully saturated rings. The number of hydrogen-bond donors (Lipinski definition) is 1. The van der Waals surface area contributed by atoms with Crippen LogP contribution in [0.15, 0.2) is 18.2 Å². The van der Waals surface area contributed by atoms with E-state index in [1.54, 1.807) is 4.90 Å². The number of anilines is 2. The molecule has 0 spiro atoms. The number of carbonyl (C=O) groups is 1. The molecule has 0 bridgehead atoms. The summed E-state index contributed by atoms with van der Waals surface area (Å²) in [6, 6.07) is 6.22. The van der Waals surface area contributed by atoms with E-state index in [1.165, 1.54) is 5.69 Å². The van der Waals surface area contributed by atoms with Gasteiger partial charge in [-0.05, 0) is 30.8 Å². The number of nitrogens with zero attached hydrogens (tertiary/aromatic N) is 2. The number of likely N-dealkylation sites (N-methyl/N-ethyl adjacent to an activating group) is 3. The summed E-state index contributed by atoms with van der Waals surface area (Å²) in [4.78, 5) is 15.5. The van der Waals surface area contributed by atoms with Crippen molar-refractivity contribution in [3.05, 3.63) is 23.8 Å².